The highest BCUT2D eigenvalue weighted by Gasteiger charge is 2.17. The van der Waals surface area contributed by atoms with Crippen LogP contribution in [-0.4, -0.2) is 20.4 Å². The molecule has 2 aromatic heterocycles. The first-order chi connectivity index (χ1) is 12.0. The standard InChI is InChI=1S/C18H15FN4O2/c1-11-7-8-23(15-5-3-13(19)4-6-15)18(25)16(11)17(24)22-14-9-20-12(2)21-10-14/h3-10H,1-2H3,(H,22,24). The summed E-state index contributed by atoms with van der Waals surface area (Å²) in [4.78, 5) is 33.3. The van der Waals surface area contributed by atoms with Gasteiger partial charge in [0.2, 0.25) is 0 Å². The van der Waals surface area contributed by atoms with Crippen LogP contribution in [0.2, 0.25) is 0 Å². The topological polar surface area (TPSA) is 76.9 Å². The van der Waals surface area contributed by atoms with Crippen molar-refractivity contribution in [3.05, 3.63) is 82.0 Å². The third kappa shape index (κ3) is 3.45. The maximum Gasteiger partial charge on any atom is 0.268 e. The number of aryl methyl sites for hydroxylation is 2. The Bertz CT molecular complexity index is 979. The molecule has 0 atom stereocenters. The molecule has 0 spiro atoms. The predicted octanol–water partition coefficient (Wildman–Crippen LogP) is 2.64. The average Bonchev–Trinajstić information content (AvgIpc) is 2.58. The number of nitrogens with zero attached hydrogens (tertiary/aromatic N) is 3. The van der Waals surface area contributed by atoms with E-state index in [1.54, 1.807) is 26.1 Å². The van der Waals surface area contributed by atoms with Gasteiger partial charge in [-0.1, -0.05) is 0 Å². The van der Waals surface area contributed by atoms with Crippen molar-refractivity contribution in [3.8, 4) is 5.69 Å². The first kappa shape index (κ1) is 16.5. The summed E-state index contributed by atoms with van der Waals surface area (Å²) in [6.07, 6.45) is 4.49. The number of aromatic nitrogens is 3. The number of anilines is 1. The number of hydrogen-bond donors (Lipinski definition) is 1. The number of amides is 1. The number of nitrogens with one attached hydrogen (secondary N) is 1. The summed E-state index contributed by atoms with van der Waals surface area (Å²) in [5.74, 6) is -0.375. The predicted molar refractivity (Wildman–Crippen MR) is 91.5 cm³/mol. The maximum absolute atomic E-state index is 13.1. The summed E-state index contributed by atoms with van der Waals surface area (Å²) in [5, 5.41) is 2.62. The molecule has 7 heteroatoms. The van der Waals surface area contributed by atoms with Gasteiger partial charge in [0.25, 0.3) is 11.5 Å². The second-order valence-corrected chi connectivity index (χ2v) is 5.50. The smallest absolute Gasteiger partial charge is 0.268 e. The first-order valence-electron chi connectivity index (χ1n) is 7.54. The lowest BCUT2D eigenvalue weighted by Crippen LogP contribution is -2.29. The van der Waals surface area contributed by atoms with E-state index in [9.17, 15) is 14.0 Å². The van der Waals surface area contributed by atoms with Gasteiger partial charge in [0.15, 0.2) is 0 Å². The van der Waals surface area contributed by atoms with Crippen molar-refractivity contribution >= 4 is 11.6 Å². The Morgan fingerprint density at radius 2 is 1.72 bits per heavy atom. The molecule has 6 nitrogen and oxygen atoms in total. The minimum absolute atomic E-state index is 0.00685. The van der Waals surface area contributed by atoms with E-state index in [2.05, 4.69) is 15.3 Å². The minimum atomic E-state index is -0.550. The number of carbonyl (C=O) groups excluding carboxylic acids is 1. The van der Waals surface area contributed by atoms with Crippen LogP contribution in [0.3, 0.4) is 0 Å². The summed E-state index contributed by atoms with van der Waals surface area (Å²) < 4.78 is 14.4. The van der Waals surface area contributed by atoms with Gasteiger partial charge in [-0.05, 0) is 49.7 Å². The average molecular weight is 338 g/mol. The summed E-state index contributed by atoms with van der Waals surface area (Å²) >= 11 is 0. The van der Waals surface area contributed by atoms with Crippen LogP contribution in [0.5, 0.6) is 0 Å². The molecule has 0 aliphatic heterocycles. The van der Waals surface area contributed by atoms with Crippen molar-refractivity contribution < 1.29 is 9.18 Å². The summed E-state index contributed by atoms with van der Waals surface area (Å²) in [7, 11) is 0. The zero-order valence-corrected chi connectivity index (χ0v) is 13.7. The summed E-state index contributed by atoms with van der Waals surface area (Å²) in [6.45, 7) is 3.41. The van der Waals surface area contributed by atoms with E-state index in [0.29, 0.717) is 22.8 Å². The SMILES string of the molecule is Cc1ncc(NC(=O)c2c(C)ccn(-c3ccc(F)cc3)c2=O)cn1. The molecular formula is C18H15FN4O2. The number of pyridine rings is 1. The van der Waals surface area contributed by atoms with Gasteiger partial charge in [0, 0.05) is 11.9 Å². The highest BCUT2D eigenvalue weighted by atomic mass is 19.1. The monoisotopic (exact) mass is 338 g/mol. The molecule has 0 unspecified atom stereocenters. The quantitative estimate of drug-likeness (QED) is 0.796. The van der Waals surface area contributed by atoms with E-state index in [0.717, 1.165) is 0 Å². The molecule has 1 N–H and O–H groups in total. The zero-order valence-electron chi connectivity index (χ0n) is 13.7. The third-order valence-corrected chi connectivity index (χ3v) is 3.67. The fourth-order valence-corrected chi connectivity index (χ4v) is 2.36. The van der Waals surface area contributed by atoms with Crippen molar-refractivity contribution in [3.63, 3.8) is 0 Å². The lowest BCUT2D eigenvalue weighted by molar-refractivity contribution is 0.102. The second-order valence-electron chi connectivity index (χ2n) is 5.50. The molecule has 0 fully saturated rings. The van der Waals surface area contributed by atoms with Crippen molar-refractivity contribution in [1.82, 2.24) is 14.5 Å². The van der Waals surface area contributed by atoms with Gasteiger partial charge < -0.3 is 5.32 Å². The van der Waals surface area contributed by atoms with Crippen molar-refractivity contribution in [2.24, 2.45) is 0 Å². The van der Waals surface area contributed by atoms with Crippen LogP contribution < -0.4 is 10.9 Å². The lowest BCUT2D eigenvalue weighted by atomic mass is 10.1. The van der Waals surface area contributed by atoms with Crippen LogP contribution >= 0.6 is 0 Å². The Labute approximate surface area is 143 Å². The molecule has 0 aliphatic rings. The van der Waals surface area contributed by atoms with E-state index in [1.807, 2.05) is 0 Å². The Kier molecular flexibility index (Phi) is 4.38. The lowest BCUT2D eigenvalue weighted by Gasteiger charge is -2.11. The molecule has 3 rings (SSSR count). The van der Waals surface area contributed by atoms with Crippen molar-refractivity contribution in [1.29, 1.82) is 0 Å². The highest BCUT2D eigenvalue weighted by molar-refractivity contribution is 6.04. The van der Waals surface area contributed by atoms with Crippen LogP contribution in [0.15, 0.2) is 53.7 Å². The molecule has 0 saturated heterocycles. The van der Waals surface area contributed by atoms with Crippen LogP contribution in [0, 0.1) is 19.7 Å². The summed E-state index contributed by atoms with van der Waals surface area (Å²) in [5.41, 5.74) is 0.920. The maximum atomic E-state index is 13.1. The molecule has 2 heterocycles. The number of carbonyl (C=O) groups is 1. The van der Waals surface area contributed by atoms with Gasteiger partial charge in [0.05, 0.1) is 18.1 Å². The first-order valence-corrected chi connectivity index (χ1v) is 7.54. The van der Waals surface area contributed by atoms with Crippen molar-refractivity contribution in [2.45, 2.75) is 13.8 Å². The largest absolute Gasteiger partial charge is 0.319 e. The normalized spacial score (nSPS) is 10.5. The molecule has 0 aliphatic carbocycles. The molecule has 1 amide bonds. The summed E-state index contributed by atoms with van der Waals surface area (Å²) in [6, 6.07) is 7.12. The van der Waals surface area contributed by atoms with Crippen LogP contribution in [0.25, 0.3) is 5.69 Å². The van der Waals surface area contributed by atoms with E-state index >= 15 is 0 Å². The Balaban J connectivity index is 1.99. The van der Waals surface area contributed by atoms with Gasteiger partial charge in [-0.15, -0.1) is 0 Å². The Morgan fingerprint density at radius 1 is 1.08 bits per heavy atom. The highest BCUT2D eigenvalue weighted by Crippen LogP contribution is 2.11. The number of hydrogen-bond acceptors (Lipinski definition) is 4. The van der Waals surface area contributed by atoms with Crippen LogP contribution in [0.1, 0.15) is 21.7 Å². The van der Waals surface area contributed by atoms with Crippen LogP contribution in [0.4, 0.5) is 10.1 Å². The molecule has 1 aromatic carbocycles. The zero-order chi connectivity index (χ0) is 18.0. The number of benzene rings is 1. The molecule has 0 saturated carbocycles. The molecular weight excluding hydrogens is 323 g/mol. The number of halogens is 1. The van der Waals surface area contributed by atoms with E-state index in [4.69, 9.17) is 0 Å². The third-order valence-electron chi connectivity index (χ3n) is 3.67. The van der Waals surface area contributed by atoms with Crippen molar-refractivity contribution in [2.75, 3.05) is 5.32 Å². The molecule has 126 valence electrons. The van der Waals surface area contributed by atoms with E-state index in [1.165, 1.54) is 41.2 Å². The minimum Gasteiger partial charge on any atom is -0.319 e. The van der Waals surface area contributed by atoms with Gasteiger partial charge in [-0.2, -0.15) is 0 Å². The van der Waals surface area contributed by atoms with Gasteiger partial charge in [0.1, 0.15) is 17.2 Å². The second kappa shape index (κ2) is 6.64. The fraction of sp³-hybridized carbons (Fsp3) is 0.111. The number of rotatable bonds is 3. The van der Waals surface area contributed by atoms with E-state index < -0.39 is 17.3 Å². The molecule has 0 bridgehead atoms. The van der Waals surface area contributed by atoms with Gasteiger partial charge in [-0.25, -0.2) is 14.4 Å². The fourth-order valence-electron chi connectivity index (χ4n) is 2.36. The Hall–Kier alpha value is -3.35. The van der Waals surface area contributed by atoms with Gasteiger partial charge in [-0.3, -0.25) is 14.2 Å². The van der Waals surface area contributed by atoms with Gasteiger partial charge >= 0.3 is 0 Å². The Morgan fingerprint density at radius 3 is 2.36 bits per heavy atom. The molecule has 3 aromatic rings. The van der Waals surface area contributed by atoms with E-state index in [-0.39, 0.29) is 5.56 Å². The molecule has 0 radical (unpaired) electrons. The van der Waals surface area contributed by atoms with Crippen LogP contribution in [-0.2, 0) is 0 Å². The molecule has 25 heavy (non-hydrogen) atoms.